The quantitative estimate of drug-likeness (QED) is 0.634. The lowest BCUT2D eigenvalue weighted by atomic mass is 10.3. The molecule has 8 heteroatoms. The van der Waals surface area contributed by atoms with Crippen LogP contribution >= 0.6 is 0 Å². The van der Waals surface area contributed by atoms with Gasteiger partial charge in [0, 0.05) is 6.07 Å². The average Bonchev–Trinajstić information content (AvgIpc) is 2.84. The molecule has 0 radical (unpaired) electrons. The first-order chi connectivity index (χ1) is 9.22. The molecule has 1 heterocycles. The van der Waals surface area contributed by atoms with E-state index >= 15 is 0 Å². The highest BCUT2D eigenvalue weighted by Crippen LogP contribution is 2.29. The fourth-order valence-electron chi connectivity index (χ4n) is 1.46. The standard InChI is InChI=1S/C11H14N6O2/c1-18-8-4-3-7(5-9(8)19-2)13-17-16-11-6-10(12)14-15-11/h3-5H,6H2,1-2H3,(H2,12,14)(H,13,15,16). The molecule has 0 atom stereocenters. The van der Waals surface area contributed by atoms with Crippen LogP contribution in [0.25, 0.3) is 0 Å². The van der Waals surface area contributed by atoms with Crippen molar-refractivity contribution < 1.29 is 9.47 Å². The number of ether oxygens (including phenoxy) is 2. The number of hydrogen-bond donors (Lipinski definition) is 2. The van der Waals surface area contributed by atoms with Crippen LogP contribution in [-0.2, 0) is 0 Å². The highest BCUT2D eigenvalue weighted by molar-refractivity contribution is 6.04. The van der Waals surface area contributed by atoms with E-state index in [2.05, 4.69) is 26.0 Å². The van der Waals surface area contributed by atoms with Gasteiger partial charge >= 0.3 is 0 Å². The lowest BCUT2D eigenvalue weighted by Crippen LogP contribution is -2.10. The number of methoxy groups -OCH3 is 2. The summed E-state index contributed by atoms with van der Waals surface area (Å²) < 4.78 is 10.3. The van der Waals surface area contributed by atoms with E-state index in [0.717, 1.165) is 0 Å². The second-order valence-electron chi connectivity index (χ2n) is 3.67. The molecule has 1 aliphatic heterocycles. The van der Waals surface area contributed by atoms with Gasteiger partial charge in [-0.15, -0.1) is 15.3 Å². The normalized spacial score (nSPS) is 14.2. The zero-order chi connectivity index (χ0) is 13.7. The molecular formula is C11H14N6O2. The fourth-order valence-corrected chi connectivity index (χ4v) is 1.46. The molecule has 19 heavy (non-hydrogen) atoms. The molecule has 0 saturated heterocycles. The van der Waals surface area contributed by atoms with Crippen molar-refractivity contribution in [1.29, 1.82) is 0 Å². The van der Waals surface area contributed by atoms with Crippen LogP contribution in [0, 0.1) is 0 Å². The Morgan fingerprint density at radius 1 is 1.21 bits per heavy atom. The average molecular weight is 262 g/mol. The minimum absolute atomic E-state index is 0.414. The van der Waals surface area contributed by atoms with Crippen LogP contribution in [0.3, 0.4) is 0 Å². The summed E-state index contributed by atoms with van der Waals surface area (Å²) in [6.07, 6.45) is 0.414. The van der Waals surface area contributed by atoms with Gasteiger partial charge in [0.15, 0.2) is 17.3 Å². The van der Waals surface area contributed by atoms with E-state index in [1.54, 1.807) is 32.4 Å². The van der Waals surface area contributed by atoms with Crippen molar-refractivity contribution in [1.82, 2.24) is 0 Å². The van der Waals surface area contributed by atoms with Gasteiger partial charge in [0.05, 0.1) is 26.3 Å². The molecule has 2 rings (SSSR count). The summed E-state index contributed by atoms with van der Waals surface area (Å²) in [7, 11) is 3.14. The summed E-state index contributed by atoms with van der Waals surface area (Å²) in [5.74, 6) is 2.14. The zero-order valence-electron chi connectivity index (χ0n) is 10.6. The lowest BCUT2D eigenvalue weighted by Gasteiger charge is -2.08. The molecule has 1 aliphatic rings. The second kappa shape index (κ2) is 5.80. The van der Waals surface area contributed by atoms with Crippen LogP contribution in [0.2, 0.25) is 0 Å². The third-order valence-corrected chi connectivity index (χ3v) is 2.36. The Bertz CT molecular complexity index is 552. The number of benzene rings is 1. The van der Waals surface area contributed by atoms with E-state index < -0.39 is 0 Å². The summed E-state index contributed by atoms with van der Waals surface area (Å²) in [5.41, 5.74) is 8.94. The molecular weight excluding hydrogens is 248 g/mol. The molecule has 3 N–H and O–H groups in total. The van der Waals surface area contributed by atoms with E-state index in [1.165, 1.54) is 0 Å². The van der Waals surface area contributed by atoms with Gasteiger partial charge in [-0.2, -0.15) is 0 Å². The highest BCUT2D eigenvalue weighted by atomic mass is 16.5. The topological polar surface area (TPSA) is 106 Å². The van der Waals surface area contributed by atoms with E-state index in [-0.39, 0.29) is 0 Å². The zero-order valence-corrected chi connectivity index (χ0v) is 10.6. The molecule has 0 unspecified atom stereocenters. The van der Waals surface area contributed by atoms with Gasteiger partial charge in [-0.3, -0.25) is 5.43 Å². The second-order valence-corrected chi connectivity index (χ2v) is 3.67. The van der Waals surface area contributed by atoms with E-state index in [0.29, 0.717) is 35.3 Å². The Labute approximate surface area is 110 Å². The maximum Gasteiger partial charge on any atom is 0.182 e. The van der Waals surface area contributed by atoms with Crippen LogP contribution < -0.4 is 20.6 Å². The van der Waals surface area contributed by atoms with E-state index in [1.807, 2.05) is 0 Å². The summed E-state index contributed by atoms with van der Waals surface area (Å²) in [4.78, 5) is 0. The summed E-state index contributed by atoms with van der Waals surface area (Å²) in [6, 6.07) is 5.31. The molecule has 8 nitrogen and oxygen atoms in total. The van der Waals surface area contributed by atoms with Crippen molar-refractivity contribution in [3.63, 3.8) is 0 Å². The minimum Gasteiger partial charge on any atom is -0.493 e. The van der Waals surface area contributed by atoms with Crippen molar-refractivity contribution >= 4 is 17.4 Å². The van der Waals surface area contributed by atoms with E-state index in [9.17, 15) is 0 Å². The van der Waals surface area contributed by atoms with Crippen molar-refractivity contribution in [2.75, 3.05) is 19.6 Å². The Balaban J connectivity index is 1.98. The predicted octanol–water partition coefficient (Wildman–Crippen LogP) is 1.56. The van der Waals surface area contributed by atoms with Gasteiger partial charge in [0.1, 0.15) is 5.84 Å². The number of nitrogens with zero attached hydrogens (tertiary/aromatic N) is 4. The van der Waals surface area contributed by atoms with E-state index in [4.69, 9.17) is 15.2 Å². The van der Waals surface area contributed by atoms with Crippen LogP contribution in [0.5, 0.6) is 11.5 Å². The Morgan fingerprint density at radius 2 is 2.00 bits per heavy atom. The molecule has 0 aliphatic carbocycles. The third-order valence-electron chi connectivity index (χ3n) is 2.36. The van der Waals surface area contributed by atoms with Crippen molar-refractivity contribution in [2.24, 2.45) is 26.3 Å². The van der Waals surface area contributed by atoms with Crippen LogP contribution in [-0.4, -0.2) is 25.9 Å². The van der Waals surface area contributed by atoms with Gasteiger partial charge in [-0.1, -0.05) is 5.22 Å². The molecule has 100 valence electrons. The van der Waals surface area contributed by atoms with Crippen molar-refractivity contribution in [2.45, 2.75) is 6.42 Å². The van der Waals surface area contributed by atoms with Crippen molar-refractivity contribution in [3.05, 3.63) is 18.2 Å². The molecule has 0 spiro atoms. The molecule has 1 aromatic carbocycles. The minimum atomic E-state index is 0.414. The first-order valence-corrected chi connectivity index (χ1v) is 5.50. The third kappa shape index (κ3) is 3.18. The fraction of sp³-hybridized carbons (Fsp3) is 0.273. The molecule has 0 fully saturated rings. The number of hydrogen-bond acceptors (Lipinski definition) is 7. The Kier molecular flexibility index (Phi) is 3.91. The van der Waals surface area contributed by atoms with Gasteiger partial charge in [-0.05, 0) is 12.1 Å². The van der Waals surface area contributed by atoms with Gasteiger partial charge in [0.25, 0.3) is 0 Å². The number of nitrogens with two attached hydrogens (primary N) is 1. The number of anilines is 1. The Morgan fingerprint density at radius 3 is 2.63 bits per heavy atom. The van der Waals surface area contributed by atoms with Crippen LogP contribution in [0.1, 0.15) is 6.42 Å². The molecule has 0 aromatic heterocycles. The highest BCUT2D eigenvalue weighted by Gasteiger charge is 2.08. The number of amidine groups is 2. The maximum absolute atomic E-state index is 5.46. The van der Waals surface area contributed by atoms with Gasteiger partial charge in [-0.25, -0.2) is 0 Å². The predicted molar refractivity (Wildman–Crippen MR) is 71.7 cm³/mol. The van der Waals surface area contributed by atoms with Crippen molar-refractivity contribution in [3.8, 4) is 11.5 Å². The number of nitrogens with one attached hydrogen (secondary N) is 1. The monoisotopic (exact) mass is 262 g/mol. The first kappa shape index (κ1) is 12.8. The van der Waals surface area contributed by atoms with Gasteiger partial charge < -0.3 is 15.2 Å². The lowest BCUT2D eigenvalue weighted by molar-refractivity contribution is 0.355. The summed E-state index contributed by atoms with van der Waals surface area (Å²) in [6.45, 7) is 0. The smallest absolute Gasteiger partial charge is 0.182 e. The van der Waals surface area contributed by atoms with Crippen LogP contribution in [0.15, 0.2) is 38.7 Å². The van der Waals surface area contributed by atoms with Crippen LogP contribution in [0.4, 0.5) is 5.69 Å². The molecule has 0 bridgehead atoms. The largest absolute Gasteiger partial charge is 0.493 e. The SMILES string of the molecule is COc1ccc(NN=NC2=NN=C(N)C2)cc1OC. The molecule has 1 aromatic rings. The van der Waals surface area contributed by atoms with Gasteiger partial charge in [0.2, 0.25) is 0 Å². The summed E-state index contributed by atoms with van der Waals surface area (Å²) >= 11 is 0. The summed E-state index contributed by atoms with van der Waals surface area (Å²) in [5, 5.41) is 15.1. The molecule has 0 saturated carbocycles. The first-order valence-electron chi connectivity index (χ1n) is 5.50. The maximum atomic E-state index is 5.46. The Hall–Kier alpha value is -2.64. The molecule has 0 amide bonds. The number of rotatable bonds is 4.